The van der Waals surface area contributed by atoms with Crippen LogP contribution < -0.4 is 4.72 Å². The van der Waals surface area contributed by atoms with Gasteiger partial charge >= 0.3 is 0 Å². The average molecular weight is 297 g/mol. The van der Waals surface area contributed by atoms with Crippen LogP contribution in [0.25, 0.3) is 0 Å². The molecule has 108 valence electrons. The summed E-state index contributed by atoms with van der Waals surface area (Å²) in [6.07, 6.45) is 3.11. The molecule has 2 aromatic rings. The zero-order valence-corrected chi connectivity index (χ0v) is 11.9. The number of halogens is 1. The first-order valence-corrected chi connectivity index (χ1v) is 7.71. The van der Waals surface area contributed by atoms with Gasteiger partial charge in [0.05, 0.1) is 11.1 Å². The molecule has 2 rings (SSSR count). The van der Waals surface area contributed by atoms with Crippen molar-refractivity contribution in [1.29, 1.82) is 0 Å². The zero-order chi connectivity index (χ0) is 14.6. The summed E-state index contributed by atoms with van der Waals surface area (Å²) in [5, 5.41) is 6.73. The second-order valence-electron chi connectivity index (χ2n) is 4.48. The van der Waals surface area contributed by atoms with Crippen LogP contribution in [0.1, 0.15) is 17.7 Å². The number of benzene rings is 1. The van der Waals surface area contributed by atoms with Crippen molar-refractivity contribution in [2.45, 2.75) is 24.7 Å². The molecule has 0 aliphatic rings. The van der Waals surface area contributed by atoms with Gasteiger partial charge in [-0.25, -0.2) is 17.5 Å². The first kappa shape index (κ1) is 14.7. The molecule has 0 atom stereocenters. The Hall–Kier alpha value is -1.73. The Balaban J connectivity index is 1.89. The van der Waals surface area contributed by atoms with Gasteiger partial charge in [-0.15, -0.1) is 0 Å². The molecule has 7 heteroatoms. The molecule has 0 aliphatic carbocycles. The highest BCUT2D eigenvalue weighted by atomic mass is 32.2. The normalized spacial score (nSPS) is 11.7. The van der Waals surface area contributed by atoms with Crippen LogP contribution in [0, 0.1) is 12.7 Å². The van der Waals surface area contributed by atoms with E-state index in [-0.39, 0.29) is 4.90 Å². The fraction of sp³-hybridized carbons (Fsp3) is 0.308. The minimum atomic E-state index is -3.65. The van der Waals surface area contributed by atoms with Crippen LogP contribution in [0.2, 0.25) is 0 Å². The van der Waals surface area contributed by atoms with E-state index in [1.807, 2.05) is 6.92 Å². The van der Waals surface area contributed by atoms with Gasteiger partial charge < -0.3 is 0 Å². The summed E-state index contributed by atoms with van der Waals surface area (Å²) in [6, 6.07) is 4.95. The van der Waals surface area contributed by atoms with E-state index in [0.717, 1.165) is 23.7 Å². The SMILES string of the molecule is Cc1[nH]ncc1CCCNS(=O)(=O)c1cccc(F)c1. The maximum absolute atomic E-state index is 13.0. The van der Waals surface area contributed by atoms with Gasteiger partial charge in [0.1, 0.15) is 5.82 Å². The van der Waals surface area contributed by atoms with E-state index < -0.39 is 15.8 Å². The second-order valence-corrected chi connectivity index (χ2v) is 6.25. The summed E-state index contributed by atoms with van der Waals surface area (Å²) in [7, 11) is -3.65. The molecule has 0 radical (unpaired) electrons. The van der Waals surface area contributed by atoms with E-state index in [1.54, 1.807) is 6.20 Å². The van der Waals surface area contributed by atoms with Crippen molar-refractivity contribution in [1.82, 2.24) is 14.9 Å². The lowest BCUT2D eigenvalue weighted by Crippen LogP contribution is -2.25. The number of aromatic amines is 1. The molecule has 0 bridgehead atoms. The molecule has 0 fully saturated rings. The molecule has 0 amide bonds. The van der Waals surface area contributed by atoms with E-state index in [1.165, 1.54) is 18.2 Å². The smallest absolute Gasteiger partial charge is 0.240 e. The van der Waals surface area contributed by atoms with Gasteiger partial charge in [-0.05, 0) is 43.5 Å². The van der Waals surface area contributed by atoms with Crippen molar-refractivity contribution in [2.24, 2.45) is 0 Å². The predicted octanol–water partition coefficient (Wildman–Crippen LogP) is 1.77. The summed E-state index contributed by atoms with van der Waals surface area (Å²) in [5.41, 5.74) is 2.05. The highest BCUT2D eigenvalue weighted by Crippen LogP contribution is 2.10. The molecule has 20 heavy (non-hydrogen) atoms. The third-order valence-electron chi connectivity index (χ3n) is 2.96. The first-order valence-electron chi connectivity index (χ1n) is 6.23. The molecular weight excluding hydrogens is 281 g/mol. The van der Waals surface area contributed by atoms with Crippen molar-refractivity contribution < 1.29 is 12.8 Å². The van der Waals surface area contributed by atoms with Gasteiger partial charge in [-0.3, -0.25) is 5.10 Å². The van der Waals surface area contributed by atoms with Crippen molar-refractivity contribution in [3.05, 3.63) is 47.5 Å². The number of sulfonamides is 1. The fourth-order valence-corrected chi connectivity index (χ4v) is 2.94. The Kier molecular flexibility index (Phi) is 4.51. The van der Waals surface area contributed by atoms with E-state index >= 15 is 0 Å². The number of aryl methyl sites for hydroxylation is 2. The fourth-order valence-electron chi connectivity index (χ4n) is 1.83. The number of rotatable bonds is 6. The maximum atomic E-state index is 13.0. The molecule has 2 N–H and O–H groups in total. The minimum absolute atomic E-state index is 0.0583. The summed E-state index contributed by atoms with van der Waals surface area (Å²) in [4.78, 5) is -0.0583. The van der Waals surface area contributed by atoms with Crippen LogP contribution in [-0.4, -0.2) is 25.2 Å². The van der Waals surface area contributed by atoms with Crippen LogP contribution in [-0.2, 0) is 16.4 Å². The lowest BCUT2D eigenvalue weighted by atomic mass is 10.1. The van der Waals surface area contributed by atoms with Gasteiger partial charge in [0.15, 0.2) is 0 Å². The van der Waals surface area contributed by atoms with E-state index in [9.17, 15) is 12.8 Å². The molecule has 1 aromatic heterocycles. The third-order valence-corrected chi connectivity index (χ3v) is 4.41. The monoisotopic (exact) mass is 297 g/mol. The lowest BCUT2D eigenvalue weighted by Gasteiger charge is -2.06. The Morgan fingerprint density at radius 3 is 2.85 bits per heavy atom. The van der Waals surface area contributed by atoms with Gasteiger partial charge in [-0.2, -0.15) is 5.10 Å². The van der Waals surface area contributed by atoms with Crippen LogP contribution in [0.5, 0.6) is 0 Å². The van der Waals surface area contributed by atoms with Crippen LogP contribution in [0.3, 0.4) is 0 Å². The van der Waals surface area contributed by atoms with Crippen LogP contribution >= 0.6 is 0 Å². The van der Waals surface area contributed by atoms with Gasteiger partial charge in [0.25, 0.3) is 0 Å². The number of hydrogen-bond donors (Lipinski definition) is 2. The number of nitrogens with zero attached hydrogens (tertiary/aromatic N) is 1. The highest BCUT2D eigenvalue weighted by Gasteiger charge is 2.13. The standard InChI is InChI=1S/C13H16FN3O2S/c1-10-11(9-15-17-10)4-3-7-16-20(18,19)13-6-2-5-12(14)8-13/h2,5-6,8-9,16H,3-4,7H2,1H3,(H,15,17). The molecule has 0 saturated heterocycles. The minimum Gasteiger partial charge on any atom is -0.283 e. The van der Waals surface area contributed by atoms with Gasteiger partial charge in [0, 0.05) is 12.2 Å². The summed E-state index contributed by atoms with van der Waals surface area (Å²) < 4.78 is 39.3. The highest BCUT2D eigenvalue weighted by molar-refractivity contribution is 7.89. The molecule has 5 nitrogen and oxygen atoms in total. The summed E-state index contributed by atoms with van der Waals surface area (Å²) in [6.45, 7) is 2.21. The van der Waals surface area contributed by atoms with Crippen LogP contribution in [0.15, 0.2) is 35.4 Å². The van der Waals surface area contributed by atoms with Crippen LogP contribution in [0.4, 0.5) is 4.39 Å². The summed E-state index contributed by atoms with van der Waals surface area (Å²) >= 11 is 0. The first-order chi connectivity index (χ1) is 9.49. The average Bonchev–Trinajstić information content (AvgIpc) is 2.80. The molecular formula is C13H16FN3O2S. The number of nitrogens with one attached hydrogen (secondary N) is 2. The number of H-pyrrole nitrogens is 1. The van der Waals surface area contributed by atoms with Crippen molar-refractivity contribution in [3.63, 3.8) is 0 Å². The lowest BCUT2D eigenvalue weighted by molar-refractivity contribution is 0.575. The quantitative estimate of drug-likeness (QED) is 0.798. The molecule has 1 heterocycles. The van der Waals surface area contributed by atoms with Gasteiger partial charge in [0.2, 0.25) is 10.0 Å². The topological polar surface area (TPSA) is 74.8 Å². The molecule has 0 spiro atoms. The van der Waals surface area contributed by atoms with E-state index in [4.69, 9.17) is 0 Å². The van der Waals surface area contributed by atoms with Crippen molar-refractivity contribution in [2.75, 3.05) is 6.54 Å². The van der Waals surface area contributed by atoms with Crippen molar-refractivity contribution in [3.8, 4) is 0 Å². The maximum Gasteiger partial charge on any atom is 0.240 e. The molecule has 0 saturated carbocycles. The third kappa shape index (κ3) is 3.64. The van der Waals surface area contributed by atoms with Gasteiger partial charge in [-0.1, -0.05) is 6.07 Å². The van der Waals surface area contributed by atoms with Crippen molar-refractivity contribution >= 4 is 10.0 Å². The number of hydrogen-bond acceptors (Lipinski definition) is 3. The molecule has 1 aromatic carbocycles. The van der Waals surface area contributed by atoms with E-state index in [0.29, 0.717) is 13.0 Å². The predicted molar refractivity (Wildman–Crippen MR) is 73.2 cm³/mol. The molecule has 0 unspecified atom stereocenters. The Morgan fingerprint density at radius 2 is 2.20 bits per heavy atom. The Labute approximate surface area is 117 Å². The van der Waals surface area contributed by atoms with E-state index in [2.05, 4.69) is 14.9 Å². The largest absolute Gasteiger partial charge is 0.283 e. The Bertz CT molecular complexity index is 682. The molecule has 0 aliphatic heterocycles. The summed E-state index contributed by atoms with van der Waals surface area (Å²) in [5.74, 6) is -0.568. The second kappa shape index (κ2) is 6.15. The number of aromatic nitrogens is 2. The zero-order valence-electron chi connectivity index (χ0n) is 11.1. The Morgan fingerprint density at radius 1 is 1.40 bits per heavy atom.